The lowest BCUT2D eigenvalue weighted by Crippen LogP contribution is -2.32. The average molecular weight is 325 g/mol. The van der Waals surface area contributed by atoms with Gasteiger partial charge >= 0.3 is 0 Å². The number of hydrogen-bond acceptors (Lipinski definition) is 3. The molecule has 0 aliphatic heterocycles. The Bertz CT molecular complexity index is 718. The highest BCUT2D eigenvalue weighted by Gasteiger charge is 2.18. The minimum Gasteiger partial charge on any atom is -0.323 e. The summed E-state index contributed by atoms with van der Waals surface area (Å²) in [5, 5.41) is 0.383. The van der Waals surface area contributed by atoms with Crippen LogP contribution in [0.5, 0.6) is 0 Å². The van der Waals surface area contributed by atoms with E-state index in [1.165, 1.54) is 6.07 Å². The van der Waals surface area contributed by atoms with Gasteiger partial charge in [-0.05, 0) is 30.2 Å². The first-order valence-electron chi connectivity index (χ1n) is 6.46. The van der Waals surface area contributed by atoms with Crippen LogP contribution in [0.15, 0.2) is 53.4 Å². The molecular formula is C15H17ClN2O2S. The van der Waals surface area contributed by atoms with E-state index in [4.69, 9.17) is 17.3 Å². The minimum absolute atomic E-state index is 0.123. The topological polar surface area (TPSA) is 72.2 Å². The molecule has 2 rings (SSSR count). The van der Waals surface area contributed by atoms with Gasteiger partial charge in [0, 0.05) is 17.6 Å². The van der Waals surface area contributed by atoms with Crippen LogP contribution >= 0.6 is 11.6 Å². The summed E-state index contributed by atoms with van der Waals surface area (Å²) >= 11 is 5.86. The predicted molar refractivity (Wildman–Crippen MR) is 84.7 cm³/mol. The van der Waals surface area contributed by atoms with E-state index in [0.29, 0.717) is 10.6 Å². The molecule has 3 N–H and O–H groups in total. The summed E-state index contributed by atoms with van der Waals surface area (Å²) in [4.78, 5) is 0.176. The average Bonchev–Trinajstić information content (AvgIpc) is 2.48. The molecule has 21 heavy (non-hydrogen) atoms. The summed E-state index contributed by atoms with van der Waals surface area (Å²) in [7, 11) is -3.63. The van der Waals surface area contributed by atoms with Gasteiger partial charge in [-0.25, -0.2) is 13.1 Å². The number of sulfonamides is 1. The van der Waals surface area contributed by atoms with Crippen molar-refractivity contribution in [2.75, 3.05) is 6.54 Å². The van der Waals surface area contributed by atoms with E-state index in [9.17, 15) is 8.42 Å². The van der Waals surface area contributed by atoms with Crippen LogP contribution in [0.1, 0.15) is 17.2 Å². The minimum atomic E-state index is -3.63. The number of hydrogen-bond donors (Lipinski definition) is 2. The molecule has 1 atom stereocenters. The van der Waals surface area contributed by atoms with E-state index in [0.717, 1.165) is 5.56 Å². The molecule has 0 spiro atoms. The van der Waals surface area contributed by atoms with Gasteiger partial charge in [-0.3, -0.25) is 0 Å². The summed E-state index contributed by atoms with van der Waals surface area (Å²) in [5.74, 6) is 0. The first-order valence-corrected chi connectivity index (χ1v) is 8.32. The monoisotopic (exact) mass is 324 g/mol. The molecule has 2 aromatic rings. The van der Waals surface area contributed by atoms with Crippen molar-refractivity contribution in [2.45, 2.75) is 17.9 Å². The van der Waals surface area contributed by atoms with Gasteiger partial charge in [0.1, 0.15) is 0 Å². The first-order chi connectivity index (χ1) is 9.90. The van der Waals surface area contributed by atoms with Gasteiger partial charge in [0.15, 0.2) is 0 Å². The molecule has 0 amide bonds. The van der Waals surface area contributed by atoms with E-state index in [1.54, 1.807) is 19.1 Å². The van der Waals surface area contributed by atoms with Crippen LogP contribution in [0, 0.1) is 6.92 Å². The predicted octanol–water partition coefficient (Wildman–Crippen LogP) is 2.63. The molecular weight excluding hydrogens is 308 g/mol. The Morgan fingerprint density at radius 2 is 1.86 bits per heavy atom. The highest BCUT2D eigenvalue weighted by molar-refractivity contribution is 7.89. The standard InChI is InChI=1S/C15H17ClN2O2S/c1-11-7-8-13(16)9-15(11)21(19,20)18-10-14(17)12-5-3-2-4-6-12/h2-9,14,18H,10,17H2,1H3. The molecule has 1 unspecified atom stereocenters. The third-order valence-electron chi connectivity index (χ3n) is 3.16. The fourth-order valence-corrected chi connectivity index (χ4v) is 3.52. The number of aryl methyl sites for hydroxylation is 1. The molecule has 0 radical (unpaired) electrons. The zero-order valence-corrected chi connectivity index (χ0v) is 13.2. The molecule has 0 bridgehead atoms. The maximum absolute atomic E-state index is 12.3. The summed E-state index contributed by atoms with van der Waals surface area (Å²) < 4.78 is 27.2. The molecule has 0 saturated heterocycles. The molecule has 0 fully saturated rings. The molecule has 0 heterocycles. The maximum Gasteiger partial charge on any atom is 0.240 e. The Hall–Kier alpha value is -1.40. The van der Waals surface area contributed by atoms with Gasteiger partial charge in [0.2, 0.25) is 10.0 Å². The smallest absolute Gasteiger partial charge is 0.240 e. The van der Waals surface area contributed by atoms with Gasteiger partial charge in [-0.1, -0.05) is 48.0 Å². The molecule has 2 aromatic carbocycles. The first kappa shape index (κ1) is 16.0. The fraction of sp³-hybridized carbons (Fsp3) is 0.200. The lowest BCUT2D eigenvalue weighted by atomic mass is 10.1. The fourth-order valence-electron chi connectivity index (χ4n) is 1.96. The van der Waals surface area contributed by atoms with Crippen LogP contribution in [0.3, 0.4) is 0 Å². The number of nitrogens with one attached hydrogen (secondary N) is 1. The van der Waals surface area contributed by atoms with Crippen molar-refractivity contribution in [3.8, 4) is 0 Å². The van der Waals surface area contributed by atoms with Gasteiger partial charge in [-0.15, -0.1) is 0 Å². The summed E-state index contributed by atoms with van der Waals surface area (Å²) in [6, 6.07) is 13.7. The highest BCUT2D eigenvalue weighted by atomic mass is 35.5. The zero-order chi connectivity index (χ0) is 15.5. The van der Waals surface area contributed by atoms with Gasteiger partial charge < -0.3 is 5.73 Å². The lowest BCUT2D eigenvalue weighted by molar-refractivity contribution is 0.571. The number of nitrogens with two attached hydrogens (primary N) is 1. The van der Waals surface area contributed by atoms with Crippen molar-refractivity contribution in [3.63, 3.8) is 0 Å². The van der Waals surface area contributed by atoms with Crippen molar-refractivity contribution in [2.24, 2.45) is 5.73 Å². The van der Waals surface area contributed by atoms with Gasteiger partial charge in [0.25, 0.3) is 0 Å². The van der Waals surface area contributed by atoms with Crippen LogP contribution in [-0.4, -0.2) is 15.0 Å². The van der Waals surface area contributed by atoms with Crippen LogP contribution < -0.4 is 10.5 Å². The van der Waals surface area contributed by atoms with Crippen LogP contribution in [0.25, 0.3) is 0 Å². The van der Waals surface area contributed by atoms with E-state index in [2.05, 4.69) is 4.72 Å². The van der Waals surface area contributed by atoms with E-state index >= 15 is 0 Å². The Kier molecular flexibility index (Phi) is 5.00. The zero-order valence-electron chi connectivity index (χ0n) is 11.6. The second-order valence-electron chi connectivity index (χ2n) is 4.78. The van der Waals surface area contributed by atoms with Crippen molar-refractivity contribution in [1.29, 1.82) is 0 Å². The molecule has 4 nitrogen and oxygen atoms in total. The van der Waals surface area contributed by atoms with Crippen LogP contribution in [-0.2, 0) is 10.0 Å². The third-order valence-corrected chi connectivity index (χ3v) is 4.96. The lowest BCUT2D eigenvalue weighted by Gasteiger charge is -2.14. The van der Waals surface area contributed by atoms with Crippen LogP contribution in [0.2, 0.25) is 5.02 Å². The van der Waals surface area contributed by atoms with Crippen molar-refractivity contribution >= 4 is 21.6 Å². The van der Waals surface area contributed by atoms with Gasteiger partial charge in [-0.2, -0.15) is 0 Å². The highest BCUT2D eigenvalue weighted by Crippen LogP contribution is 2.20. The van der Waals surface area contributed by atoms with Crippen molar-refractivity contribution < 1.29 is 8.42 Å². The Morgan fingerprint density at radius 1 is 1.19 bits per heavy atom. The summed E-state index contributed by atoms with van der Waals surface area (Å²) in [6.45, 7) is 1.85. The molecule has 0 aliphatic carbocycles. The number of benzene rings is 2. The normalized spacial score (nSPS) is 13.1. The van der Waals surface area contributed by atoms with E-state index < -0.39 is 16.1 Å². The Morgan fingerprint density at radius 3 is 2.52 bits per heavy atom. The van der Waals surface area contributed by atoms with Crippen molar-refractivity contribution in [1.82, 2.24) is 4.72 Å². The SMILES string of the molecule is Cc1ccc(Cl)cc1S(=O)(=O)NCC(N)c1ccccc1. The Balaban J connectivity index is 2.13. The largest absolute Gasteiger partial charge is 0.323 e. The maximum atomic E-state index is 12.3. The van der Waals surface area contributed by atoms with E-state index in [1.807, 2.05) is 30.3 Å². The molecule has 112 valence electrons. The number of halogens is 1. The third kappa shape index (κ3) is 4.04. The van der Waals surface area contributed by atoms with E-state index in [-0.39, 0.29) is 11.4 Å². The molecule has 0 aliphatic rings. The summed E-state index contributed by atoms with van der Waals surface area (Å²) in [5.41, 5.74) is 7.51. The van der Waals surface area contributed by atoms with Gasteiger partial charge in [0.05, 0.1) is 4.90 Å². The van der Waals surface area contributed by atoms with Crippen molar-refractivity contribution in [3.05, 3.63) is 64.7 Å². The number of rotatable bonds is 5. The second kappa shape index (κ2) is 6.58. The van der Waals surface area contributed by atoms with Crippen LogP contribution in [0.4, 0.5) is 0 Å². The summed E-state index contributed by atoms with van der Waals surface area (Å²) in [6.07, 6.45) is 0. The quantitative estimate of drug-likeness (QED) is 0.888. The Labute approximate surface area is 130 Å². The molecule has 0 aromatic heterocycles. The molecule has 6 heteroatoms. The second-order valence-corrected chi connectivity index (χ2v) is 6.95. The molecule has 0 saturated carbocycles.